The Labute approximate surface area is 113 Å². The second-order valence-corrected chi connectivity index (χ2v) is 7.99. The van der Waals surface area contributed by atoms with Gasteiger partial charge in [0.25, 0.3) is 0 Å². The zero-order valence-electron chi connectivity index (χ0n) is 11.0. The first-order valence-corrected chi connectivity index (χ1v) is 9.16. The average molecular weight is 294 g/mol. The van der Waals surface area contributed by atoms with Gasteiger partial charge in [0.2, 0.25) is 5.91 Å². The highest BCUT2D eigenvalue weighted by atomic mass is 32.2. The Bertz CT molecular complexity index is 382. The molecule has 0 aromatic carbocycles. The number of nitrogens with zero attached hydrogens (tertiary/aromatic N) is 1. The summed E-state index contributed by atoms with van der Waals surface area (Å²) in [5.41, 5.74) is 5.62. The fourth-order valence-electron chi connectivity index (χ4n) is 2.07. The van der Waals surface area contributed by atoms with Gasteiger partial charge in [0.15, 0.2) is 9.84 Å². The molecule has 0 radical (unpaired) electrons. The van der Waals surface area contributed by atoms with Gasteiger partial charge in [-0.25, -0.2) is 8.42 Å². The Morgan fingerprint density at radius 1 is 1.56 bits per heavy atom. The predicted molar refractivity (Wildman–Crippen MR) is 75.4 cm³/mol. The van der Waals surface area contributed by atoms with Crippen LogP contribution in [0.15, 0.2) is 0 Å². The molecule has 0 aromatic heterocycles. The van der Waals surface area contributed by atoms with Crippen molar-refractivity contribution in [2.24, 2.45) is 5.73 Å². The molecule has 0 aliphatic carbocycles. The first-order valence-electron chi connectivity index (χ1n) is 6.19. The number of hydrogen-bond acceptors (Lipinski definition) is 5. The summed E-state index contributed by atoms with van der Waals surface area (Å²) >= 11 is 1.51. The van der Waals surface area contributed by atoms with Crippen molar-refractivity contribution in [2.45, 2.75) is 32.4 Å². The number of rotatable bonds is 6. The highest BCUT2D eigenvalue weighted by Crippen LogP contribution is 2.18. The zero-order chi connectivity index (χ0) is 13.8. The maximum Gasteiger partial charge on any atom is 0.232 e. The maximum atomic E-state index is 12.0. The van der Waals surface area contributed by atoms with E-state index in [1.54, 1.807) is 4.90 Å². The van der Waals surface area contributed by atoms with Gasteiger partial charge in [0, 0.05) is 24.4 Å². The normalized spacial score (nSPS) is 23.8. The quantitative estimate of drug-likeness (QED) is 0.751. The Hall–Kier alpha value is -0.270. The van der Waals surface area contributed by atoms with Crippen molar-refractivity contribution < 1.29 is 13.2 Å². The highest BCUT2D eigenvalue weighted by Gasteiger charge is 2.33. The summed E-state index contributed by atoms with van der Waals surface area (Å²) in [6.45, 7) is 4.36. The zero-order valence-corrected chi connectivity index (χ0v) is 12.6. The van der Waals surface area contributed by atoms with Crippen LogP contribution in [0.25, 0.3) is 0 Å². The van der Waals surface area contributed by atoms with Crippen molar-refractivity contribution >= 4 is 27.5 Å². The lowest BCUT2D eigenvalue weighted by Gasteiger charge is -2.26. The van der Waals surface area contributed by atoms with Crippen molar-refractivity contribution in [3.63, 3.8) is 0 Å². The molecule has 1 saturated heterocycles. The van der Waals surface area contributed by atoms with E-state index in [-0.39, 0.29) is 29.5 Å². The summed E-state index contributed by atoms with van der Waals surface area (Å²) in [4.78, 5) is 13.7. The summed E-state index contributed by atoms with van der Waals surface area (Å²) in [6.07, 6.45) is 0.569. The van der Waals surface area contributed by atoms with Crippen molar-refractivity contribution in [1.29, 1.82) is 0 Å². The predicted octanol–water partition coefficient (Wildman–Crippen LogP) is 0.102. The third-order valence-electron chi connectivity index (χ3n) is 2.92. The number of hydrogen-bond donors (Lipinski definition) is 1. The van der Waals surface area contributed by atoms with Crippen LogP contribution < -0.4 is 5.73 Å². The van der Waals surface area contributed by atoms with Crippen LogP contribution in [0.5, 0.6) is 0 Å². The van der Waals surface area contributed by atoms with E-state index >= 15 is 0 Å². The van der Waals surface area contributed by atoms with Gasteiger partial charge < -0.3 is 10.6 Å². The van der Waals surface area contributed by atoms with Gasteiger partial charge in [-0.15, -0.1) is 0 Å². The molecule has 0 saturated carbocycles. The largest absolute Gasteiger partial charge is 0.338 e. The monoisotopic (exact) mass is 294 g/mol. The molecule has 2 N–H and O–H groups in total. The van der Waals surface area contributed by atoms with Crippen LogP contribution in [-0.2, 0) is 14.6 Å². The third-order valence-corrected chi connectivity index (χ3v) is 5.88. The van der Waals surface area contributed by atoms with Crippen LogP contribution in [0.2, 0.25) is 0 Å². The Kier molecular flexibility index (Phi) is 5.94. The van der Waals surface area contributed by atoms with Gasteiger partial charge in [-0.1, -0.05) is 0 Å². The third kappa shape index (κ3) is 4.78. The van der Waals surface area contributed by atoms with Crippen molar-refractivity contribution in [3.05, 3.63) is 0 Å². The van der Waals surface area contributed by atoms with E-state index in [9.17, 15) is 13.2 Å². The Morgan fingerprint density at radius 2 is 2.22 bits per heavy atom. The van der Waals surface area contributed by atoms with E-state index in [4.69, 9.17) is 5.73 Å². The fraction of sp³-hybridized carbons (Fsp3) is 0.909. The molecule has 1 aliphatic rings. The van der Waals surface area contributed by atoms with Crippen molar-refractivity contribution in [3.8, 4) is 0 Å². The molecule has 1 heterocycles. The van der Waals surface area contributed by atoms with Crippen molar-refractivity contribution in [2.75, 3.05) is 29.6 Å². The number of nitrogens with two attached hydrogens (primary N) is 1. The van der Waals surface area contributed by atoms with Crippen LogP contribution >= 0.6 is 11.8 Å². The van der Waals surface area contributed by atoms with Gasteiger partial charge >= 0.3 is 0 Å². The topological polar surface area (TPSA) is 80.5 Å². The SMILES string of the molecule is CCN(C(=O)CSCC(C)N)C1CCS(=O)(=O)C1. The first-order chi connectivity index (χ1) is 8.35. The summed E-state index contributed by atoms with van der Waals surface area (Å²) in [5.74, 6) is 1.46. The minimum atomic E-state index is -2.94. The van der Waals surface area contributed by atoms with Crippen LogP contribution in [0.1, 0.15) is 20.3 Å². The van der Waals surface area contributed by atoms with E-state index in [0.29, 0.717) is 18.7 Å². The standard InChI is InChI=1S/C11H22N2O3S2/c1-3-13(10-4-5-18(15,16)8-10)11(14)7-17-6-9(2)12/h9-10H,3-8,12H2,1-2H3. The molecule has 1 aliphatic heterocycles. The van der Waals surface area contributed by atoms with Gasteiger partial charge in [0.1, 0.15) is 0 Å². The summed E-state index contributed by atoms with van der Waals surface area (Å²) in [7, 11) is -2.94. The van der Waals surface area contributed by atoms with E-state index in [1.807, 2.05) is 13.8 Å². The molecule has 0 spiro atoms. The molecule has 2 atom stereocenters. The number of amides is 1. The Morgan fingerprint density at radius 3 is 2.67 bits per heavy atom. The van der Waals surface area contributed by atoms with Gasteiger partial charge in [-0.2, -0.15) is 11.8 Å². The summed E-state index contributed by atoms with van der Waals surface area (Å²) in [6, 6.07) is -0.0619. The molecule has 18 heavy (non-hydrogen) atoms. The molecule has 1 amide bonds. The van der Waals surface area contributed by atoms with Crippen LogP contribution in [0.3, 0.4) is 0 Å². The number of carbonyl (C=O) groups is 1. The minimum Gasteiger partial charge on any atom is -0.338 e. The lowest BCUT2D eigenvalue weighted by molar-refractivity contribution is -0.129. The van der Waals surface area contributed by atoms with Crippen LogP contribution in [0.4, 0.5) is 0 Å². The summed E-state index contributed by atoms with van der Waals surface area (Å²) in [5, 5.41) is 0. The summed E-state index contributed by atoms with van der Waals surface area (Å²) < 4.78 is 22.9. The van der Waals surface area contributed by atoms with Crippen molar-refractivity contribution in [1.82, 2.24) is 4.90 Å². The van der Waals surface area contributed by atoms with Crippen LogP contribution in [-0.4, -0.2) is 60.9 Å². The molecule has 106 valence electrons. The lowest BCUT2D eigenvalue weighted by atomic mass is 10.2. The number of thioether (sulfide) groups is 1. The highest BCUT2D eigenvalue weighted by molar-refractivity contribution is 8.00. The molecule has 7 heteroatoms. The molecular weight excluding hydrogens is 272 g/mol. The maximum absolute atomic E-state index is 12.0. The van der Waals surface area contributed by atoms with Crippen LogP contribution in [0, 0.1) is 0 Å². The smallest absolute Gasteiger partial charge is 0.232 e. The fourth-order valence-corrected chi connectivity index (χ4v) is 4.64. The van der Waals surface area contributed by atoms with Gasteiger partial charge in [-0.3, -0.25) is 4.79 Å². The lowest BCUT2D eigenvalue weighted by Crippen LogP contribution is -2.42. The first kappa shape index (κ1) is 15.8. The van der Waals surface area contributed by atoms with E-state index in [2.05, 4.69) is 0 Å². The van der Waals surface area contributed by atoms with E-state index in [0.717, 1.165) is 5.75 Å². The minimum absolute atomic E-state index is 0.0188. The molecule has 0 bridgehead atoms. The Balaban J connectivity index is 2.48. The number of carbonyl (C=O) groups excluding carboxylic acids is 1. The second-order valence-electron chi connectivity index (χ2n) is 4.73. The van der Waals surface area contributed by atoms with Gasteiger partial charge in [0.05, 0.1) is 17.3 Å². The molecular formula is C11H22N2O3S2. The number of sulfone groups is 1. The molecule has 0 aromatic rings. The molecule has 1 rings (SSSR count). The molecule has 5 nitrogen and oxygen atoms in total. The molecule has 1 fully saturated rings. The van der Waals surface area contributed by atoms with Gasteiger partial charge in [-0.05, 0) is 20.3 Å². The van der Waals surface area contributed by atoms with E-state index in [1.165, 1.54) is 11.8 Å². The molecule has 2 unspecified atom stereocenters. The van der Waals surface area contributed by atoms with E-state index < -0.39 is 9.84 Å². The second kappa shape index (κ2) is 6.77. The average Bonchev–Trinajstić information content (AvgIpc) is 2.59.